The molecular weight excluding hydrogens is 307 g/mol. The van der Waals surface area contributed by atoms with E-state index in [2.05, 4.69) is 10.6 Å². The number of halogens is 5. The van der Waals surface area contributed by atoms with Gasteiger partial charge in [-0.1, -0.05) is 18.2 Å². The number of carbonyl (C=O) groups is 1. The number of amides is 1. The second kappa shape index (κ2) is 6.20. The van der Waals surface area contributed by atoms with Gasteiger partial charge in [-0.05, 0) is 18.1 Å². The quantitative estimate of drug-likeness (QED) is 0.836. The third kappa shape index (κ3) is 4.16. The first-order valence-corrected chi connectivity index (χ1v) is 6.73. The number of alkyl halides is 5. The number of nitrogens with one attached hydrogen (secondary N) is 2. The molecule has 0 radical (unpaired) electrons. The predicted octanol–water partition coefficient (Wildman–Crippen LogP) is 2.36. The molecule has 1 unspecified atom stereocenters. The van der Waals surface area contributed by atoms with Gasteiger partial charge in [0.1, 0.15) is 0 Å². The molecule has 122 valence electrons. The van der Waals surface area contributed by atoms with Crippen LogP contribution in [0.15, 0.2) is 24.3 Å². The zero-order valence-corrected chi connectivity index (χ0v) is 11.5. The molecule has 1 fully saturated rings. The lowest BCUT2D eigenvalue weighted by molar-refractivity contribution is -0.138. The summed E-state index contributed by atoms with van der Waals surface area (Å²) in [5.41, 5.74) is -0.699. The Morgan fingerprint density at radius 2 is 2.00 bits per heavy atom. The van der Waals surface area contributed by atoms with Crippen molar-refractivity contribution in [2.24, 2.45) is 0 Å². The topological polar surface area (TPSA) is 41.1 Å². The molecule has 0 spiro atoms. The van der Waals surface area contributed by atoms with Crippen LogP contribution in [0.5, 0.6) is 0 Å². The minimum atomic E-state index is -4.46. The van der Waals surface area contributed by atoms with Crippen molar-refractivity contribution in [2.75, 3.05) is 13.1 Å². The third-order valence-electron chi connectivity index (χ3n) is 3.44. The van der Waals surface area contributed by atoms with Gasteiger partial charge in [0.2, 0.25) is 5.91 Å². The Morgan fingerprint density at radius 3 is 2.59 bits per heavy atom. The molecule has 1 saturated heterocycles. The van der Waals surface area contributed by atoms with Gasteiger partial charge in [0.05, 0.1) is 18.2 Å². The fourth-order valence-electron chi connectivity index (χ4n) is 2.36. The van der Waals surface area contributed by atoms with Crippen LogP contribution in [0, 0.1) is 0 Å². The van der Waals surface area contributed by atoms with E-state index in [0.717, 1.165) is 6.07 Å². The standard InChI is InChI=1S/C14H15F5N2O/c15-13(16)7-11(21-8-13)12(22)20-6-5-9-3-1-2-4-10(9)14(17,18)19/h1-4,11,21H,5-8H2,(H,20,22). The molecule has 1 aliphatic heterocycles. The SMILES string of the molecule is O=C(NCCc1ccccc1C(F)(F)F)C1CC(F)(F)CN1. The summed E-state index contributed by atoms with van der Waals surface area (Å²) in [6.07, 6.45) is -5.09. The molecule has 0 aliphatic carbocycles. The van der Waals surface area contributed by atoms with Crippen molar-refractivity contribution in [1.82, 2.24) is 10.6 Å². The maximum Gasteiger partial charge on any atom is 0.416 e. The third-order valence-corrected chi connectivity index (χ3v) is 3.44. The lowest BCUT2D eigenvalue weighted by atomic mass is 10.0. The average molecular weight is 322 g/mol. The molecule has 1 aromatic carbocycles. The van der Waals surface area contributed by atoms with E-state index in [-0.39, 0.29) is 18.5 Å². The van der Waals surface area contributed by atoms with Crippen molar-refractivity contribution >= 4 is 5.91 Å². The Hall–Kier alpha value is -1.70. The normalized spacial score (nSPS) is 20.9. The summed E-state index contributed by atoms with van der Waals surface area (Å²) < 4.78 is 64.3. The summed E-state index contributed by atoms with van der Waals surface area (Å²) in [5.74, 6) is -3.55. The summed E-state index contributed by atoms with van der Waals surface area (Å²) in [6, 6.07) is 4.06. The minimum absolute atomic E-state index is 0.0233. The predicted molar refractivity (Wildman–Crippen MR) is 69.5 cm³/mol. The number of rotatable bonds is 4. The van der Waals surface area contributed by atoms with Crippen LogP contribution < -0.4 is 10.6 Å². The number of carbonyl (C=O) groups excluding carboxylic acids is 1. The number of hydrogen-bond acceptors (Lipinski definition) is 2. The first-order valence-electron chi connectivity index (χ1n) is 6.73. The molecule has 22 heavy (non-hydrogen) atoms. The molecule has 1 atom stereocenters. The van der Waals surface area contributed by atoms with Gasteiger partial charge in [-0.25, -0.2) is 8.78 Å². The van der Waals surface area contributed by atoms with Crippen LogP contribution in [-0.2, 0) is 17.4 Å². The summed E-state index contributed by atoms with van der Waals surface area (Å²) in [4.78, 5) is 11.7. The number of hydrogen-bond donors (Lipinski definition) is 2. The summed E-state index contributed by atoms with van der Waals surface area (Å²) >= 11 is 0. The molecule has 1 amide bonds. The van der Waals surface area contributed by atoms with Crippen LogP contribution in [0.25, 0.3) is 0 Å². The summed E-state index contributed by atoms with van der Waals surface area (Å²) in [7, 11) is 0. The van der Waals surface area contributed by atoms with Gasteiger partial charge >= 0.3 is 6.18 Å². The first kappa shape index (κ1) is 16.7. The lowest BCUT2D eigenvalue weighted by Gasteiger charge is -2.14. The number of benzene rings is 1. The molecular formula is C14H15F5N2O. The van der Waals surface area contributed by atoms with Crippen molar-refractivity contribution in [3.8, 4) is 0 Å². The molecule has 3 nitrogen and oxygen atoms in total. The van der Waals surface area contributed by atoms with Crippen LogP contribution in [0.1, 0.15) is 17.5 Å². The van der Waals surface area contributed by atoms with Gasteiger partial charge in [0.15, 0.2) is 0 Å². The largest absolute Gasteiger partial charge is 0.416 e. The highest BCUT2D eigenvalue weighted by atomic mass is 19.4. The van der Waals surface area contributed by atoms with Crippen LogP contribution >= 0.6 is 0 Å². The van der Waals surface area contributed by atoms with Crippen molar-refractivity contribution in [3.63, 3.8) is 0 Å². The second-order valence-corrected chi connectivity index (χ2v) is 5.19. The van der Waals surface area contributed by atoms with Crippen molar-refractivity contribution in [2.45, 2.75) is 31.0 Å². The molecule has 1 aromatic rings. The van der Waals surface area contributed by atoms with E-state index >= 15 is 0 Å². The Labute approximate surface area is 123 Å². The Bertz CT molecular complexity index is 544. The van der Waals surface area contributed by atoms with Crippen molar-refractivity contribution in [1.29, 1.82) is 0 Å². The van der Waals surface area contributed by atoms with Gasteiger partial charge in [-0.15, -0.1) is 0 Å². The van der Waals surface area contributed by atoms with Crippen LogP contribution in [0.4, 0.5) is 22.0 Å². The van der Waals surface area contributed by atoms with E-state index in [0.29, 0.717) is 0 Å². The van der Waals surface area contributed by atoms with E-state index in [1.807, 2.05) is 0 Å². The second-order valence-electron chi connectivity index (χ2n) is 5.19. The maximum atomic E-state index is 13.0. The summed E-state index contributed by atoms with van der Waals surface area (Å²) in [5, 5.41) is 4.78. The van der Waals surface area contributed by atoms with Crippen LogP contribution in [0.2, 0.25) is 0 Å². The van der Waals surface area contributed by atoms with Crippen molar-refractivity contribution < 1.29 is 26.7 Å². The molecule has 0 saturated carbocycles. The molecule has 0 bridgehead atoms. The highest BCUT2D eigenvalue weighted by Gasteiger charge is 2.42. The Balaban J connectivity index is 1.88. The van der Waals surface area contributed by atoms with E-state index in [1.54, 1.807) is 0 Å². The highest BCUT2D eigenvalue weighted by Crippen LogP contribution is 2.32. The maximum absolute atomic E-state index is 13.0. The smallest absolute Gasteiger partial charge is 0.354 e. The van der Waals surface area contributed by atoms with Gasteiger partial charge in [-0.3, -0.25) is 10.1 Å². The molecule has 1 heterocycles. The molecule has 2 rings (SSSR count). The molecule has 1 aliphatic rings. The first-order chi connectivity index (χ1) is 10.2. The Morgan fingerprint density at radius 1 is 1.32 bits per heavy atom. The molecule has 0 aromatic heterocycles. The summed E-state index contributed by atoms with van der Waals surface area (Å²) in [6.45, 7) is -0.613. The van der Waals surface area contributed by atoms with E-state index < -0.39 is 42.6 Å². The highest BCUT2D eigenvalue weighted by molar-refractivity contribution is 5.82. The van der Waals surface area contributed by atoms with E-state index in [9.17, 15) is 26.7 Å². The minimum Gasteiger partial charge on any atom is -0.354 e. The Kier molecular flexibility index (Phi) is 4.69. The monoisotopic (exact) mass is 322 g/mol. The fraction of sp³-hybridized carbons (Fsp3) is 0.500. The zero-order chi connectivity index (χ0) is 16.4. The lowest BCUT2D eigenvalue weighted by Crippen LogP contribution is -2.41. The van der Waals surface area contributed by atoms with Gasteiger partial charge in [0, 0.05) is 13.0 Å². The van der Waals surface area contributed by atoms with Crippen LogP contribution in [-0.4, -0.2) is 31.0 Å². The van der Waals surface area contributed by atoms with Gasteiger partial charge in [-0.2, -0.15) is 13.2 Å². The van der Waals surface area contributed by atoms with E-state index in [1.165, 1.54) is 18.2 Å². The van der Waals surface area contributed by atoms with Gasteiger partial charge < -0.3 is 5.32 Å². The molecule has 2 N–H and O–H groups in total. The zero-order valence-electron chi connectivity index (χ0n) is 11.5. The van der Waals surface area contributed by atoms with Gasteiger partial charge in [0.25, 0.3) is 5.92 Å². The molecule has 8 heteroatoms. The van der Waals surface area contributed by atoms with E-state index in [4.69, 9.17) is 0 Å². The fourth-order valence-corrected chi connectivity index (χ4v) is 2.36. The average Bonchev–Trinajstić information content (AvgIpc) is 2.78. The van der Waals surface area contributed by atoms with Crippen LogP contribution in [0.3, 0.4) is 0 Å². The van der Waals surface area contributed by atoms with Crippen molar-refractivity contribution in [3.05, 3.63) is 35.4 Å².